The van der Waals surface area contributed by atoms with Gasteiger partial charge in [-0.3, -0.25) is 4.79 Å². The number of alkyl halides is 3. The molecule has 0 aliphatic heterocycles. The molecule has 1 aromatic rings. The number of rotatable bonds is 3. The number of halogens is 3. The van der Waals surface area contributed by atoms with Crippen LogP contribution in [0.3, 0.4) is 0 Å². The van der Waals surface area contributed by atoms with E-state index in [0.717, 1.165) is 10.5 Å². The molecule has 6 heteroatoms. The van der Waals surface area contributed by atoms with Gasteiger partial charge >= 0.3 is 6.18 Å². The third-order valence-corrected chi connectivity index (χ3v) is 2.51. The van der Waals surface area contributed by atoms with E-state index in [1.165, 1.54) is 18.4 Å². The molecule has 1 aromatic heterocycles. The molecule has 2 nitrogen and oxygen atoms in total. The minimum atomic E-state index is -4.43. The molecule has 0 saturated carbocycles. The molecular formula is C9H10F3NOS. The van der Waals surface area contributed by atoms with Gasteiger partial charge in [-0.2, -0.15) is 24.5 Å². The van der Waals surface area contributed by atoms with Gasteiger partial charge in [0.05, 0.1) is 0 Å². The Kier molecular flexibility index (Phi) is 3.73. The molecule has 0 saturated heterocycles. The molecule has 0 aliphatic carbocycles. The zero-order valence-corrected chi connectivity index (χ0v) is 8.86. The maximum absolute atomic E-state index is 11.9. The van der Waals surface area contributed by atoms with Gasteiger partial charge in [0, 0.05) is 13.6 Å². The first-order chi connectivity index (χ1) is 6.88. The summed E-state index contributed by atoms with van der Waals surface area (Å²) in [7, 11) is 1.37. The molecule has 0 unspecified atom stereocenters. The molecule has 84 valence electrons. The predicted octanol–water partition coefficient (Wildman–Crippen LogP) is 2.66. The van der Waals surface area contributed by atoms with E-state index in [4.69, 9.17) is 0 Å². The molecule has 0 N–H and O–H groups in total. The summed E-state index contributed by atoms with van der Waals surface area (Å²) >= 11 is 1.45. The molecule has 0 atom stereocenters. The zero-order valence-electron chi connectivity index (χ0n) is 8.04. The number of carbonyl (C=O) groups excluding carboxylic acids is 1. The molecule has 0 radical (unpaired) electrons. The Morgan fingerprint density at radius 2 is 2.20 bits per heavy atom. The van der Waals surface area contributed by atoms with Crippen molar-refractivity contribution in [3.05, 3.63) is 22.4 Å². The highest BCUT2D eigenvalue weighted by Gasteiger charge is 2.32. The van der Waals surface area contributed by atoms with Gasteiger partial charge < -0.3 is 4.90 Å². The molecule has 1 amide bonds. The number of nitrogens with zero attached hydrogens (tertiary/aromatic N) is 1. The first kappa shape index (κ1) is 12.0. The predicted molar refractivity (Wildman–Crippen MR) is 51.5 cm³/mol. The fourth-order valence-corrected chi connectivity index (χ4v) is 1.71. The van der Waals surface area contributed by atoms with Crippen molar-refractivity contribution in [2.24, 2.45) is 0 Å². The van der Waals surface area contributed by atoms with Crippen LogP contribution in [0, 0.1) is 0 Å². The van der Waals surface area contributed by atoms with E-state index in [1.54, 1.807) is 11.4 Å². The summed E-state index contributed by atoms with van der Waals surface area (Å²) in [5.41, 5.74) is 0.845. The second-order valence-corrected chi connectivity index (χ2v) is 3.95. The normalized spacial score (nSPS) is 11.5. The van der Waals surface area contributed by atoms with Crippen molar-refractivity contribution in [3.63, 3.8) is 0 Å². The van der Waals surface area contributed by atoms with Crippen LogP contribution in [-0.2, 0) is 11.3 Å². The van der Waals surface area contributed by atoms with E-state index >= 15 is 0 Å². The quantitative estimate of drug-likeness (QED) is 0.791. The van der Waals surface area contributed by atoms with Crippen LogP contribution in [0.1, 0.15) is 12.0 Å². The van der Waals surface area contributed by atoms with Crippen LogP contribution in [-0.4, -0.2) is 24.0 Å². The van der Waals surface area contributed by atoms with E-state index in [9.17, 15) is 18.0 Å². The van der Waals surface area contributed by atoms with Gasteiger partial charge in [-0.05, 0) is 22.4 Å². The van der Waals surface area contributed by atoms with E-state index in [-0.39, 0.29) is 6.54 Å². The Morgan fingerprint density at radius 1 is 1.53 bits per heavy atom. The average Bonchev–Trinajstić information content (AvgIpc) is 2.53. The first-order valence-corrected chi connectivity index (χ1v) is 5.14. The lowest BCUT2D eigenvalue weighted by atomic mass is 10.3. The third-order valence-electron chi connectivity index (χ3n) is 1.78. The fourth-order valence-electron chi connectivity index (χ4n) is 1.05. The fraction of sp³-hybridized carbons (Fsp3) is 0.444. The molecule has 0 aromatic carbocycles. The summed E-state index contributed by atoms with van der Waals surface area (Å²) in [5.74, 6) is -0.909. The highest BCUT2D eigenvalue weighted by atomic mass is 32.1. The molecule has 0 aliphatic rings. The molecule has 15 heavy (non-hydrogen) atoms. The zero-order chi connectivity index (χ0) is 11.5. The smallest absolute Gasteiger partial charge is 0.341 e. The van der Waals surface area contributed by atoms with Crippen LogP contribution >= 0.6 is 11.3 Å². The van der Waals surface area contributed by atoms with Gasteiger partial charge in [0.15, 0.2) is 0 Å². The van der Waals surface area contributed by atoms with Crippen molar-refractivity contribution < 1.29 is 18.0 Å². The summed E-state index contributed by atoms with van der Waals surface area (Å²) < 4.78 is 35.7. The van der Waals surface area contributed by atoms with Crippen LogP contribution in [0.15, 0.2) is 16.8 Å². The number of hydrogen-bond acceptors (Lipinski definition) is 2. The van der Waals surface area contributed by atoms with Crippen LogP contribution in [0.2, 0.25) is 0 Å². The minimum Gasteiger partial charge on any atom is -0.341 e. The minimum absolute atomic E-state index is 0.221. The van der Waals surface area contributed by atoms with Crippen molar-refractivity contribution in [1.82, 2.24) is 4.90 Å². The number of thiophene rings is 1. The second kappa shape index (κ2) is 4.65. The van der Waals surface area contributed by atoms with Crippen molar-refractivity contribution in [2.45, 2.75) is 19.1 Å². The number of carbonyl (C=O) groups is 1. The maximum Gasteiger partial charge on any atom is 0.397 e. The van der Waals surface area contributed by atoms with Gasteiger partial charge in [0.25, 0.3) is 0 Å². The van der Waals surface area contributed by atoms with Crippen LogP contribution in [0.25, 0.3) is 0 Å². The van der Waals surface area contributed by atoms with Gasteiger partial charge in [-0.15, -0.1) is 0 Å². The third kappa shape index (κ3) is 4.33. The Labute approximate surface area is 89.3 Å². The van der Waals surface area contributed by atoms with Crippen molar-refractivity contribution >= 4 is 17.2 Å². The topological polar surface area (TPSA) is 20.3 Å². The largest absolute Gasteiger partial charge is 0.397 e. The monoisotopic (exact) mass is 237 g/mol. The lowest BCUT2D eigenvalue weighted by Crippen LogP contribution is -2.30. The molecule has 0 fully saturated rings. The molecular weight excluding hydrogens is 227 g/mol. The van der Waals surface area contributed by atoms with Crippen LogP contribution in [0.4, 0.5) is 13.2 Å². The summed E-state index contributed by atoms with van der Waals surface area (Å²) in [4.78, 5) is 12.2. The Balaban J connectivity index is 2.47. The van der Waals surface area contributed by atoms with E-state index < -0.39 is 18.5 Å². The average molecular weight is 237 g/mol. The Morgan fingerprint density at radius 3 is 2.67 bits per heavy atom. The van der Waals surface area contributed by atoms with Crippen molar-refractivity contribution in [2.75, 3.05) is 7.05 Å². The highest BCUT2D eigenvalue weighted by Crippen LogP contribution is 2.21. The van der Waals surface area contributed by atoms with Gasteiger partial charge in [-0.1, -0.05) is 0 Å². The second-order valence-electron chi connectivity index (χ2n) is 3.17. The molecule has 1 heterocycles. The molecule has 0 spiro atoms. The first-order valence-electron chi connectivity index (χ1n) is 4.20. The van der Waals surface area contributed by atoms with E-state index in [1.807, 2.05) is 5.38 Å². The standard InChI is InChI=1S/C9H10F3NOS/c1-13(5-7-2-3-15-6-7)8(14)4-9(10,11)12/h2-3,6H,4-5H2,1H3. The number of hydrogen-bond donors (Lipinski definition) is 0. The van der Waals surface area contributed by atoms with Gasteiger partial charge in [-0.25, -0.2) is 0 Å². The molecule has 0 bridgehead atoms. The van der Waals surface area contributed by atoms with Crippen LogP contribution in [0.5, 0.6) is 0 Å². The Hall–Kier alpha value is -1.04. The van der Waals surface area contributed by atoms with Gasteiger partial charge in [0.1, 0.15) is 6.42 Å². The maximum atomic E-state index is 11.9. The summed E-state index contributed by atoms with van der Waals surface area (Å²) in [6, 6.07) is 1.78. The molecule has 1 rings (SSSR count). The van der Waals surface area contributed by atoms with Gasteiger partial charge in [0.2, 0.25) is 5.91 Å². The summed E-state index contributed by atoms with van der Waals surface area (Å²) in [6.07, 6.45) is -5.83. The van der Waals surface area contributed by atoms with Crippen molar-refractivity contribution in [1.29, 1.82) is 0 Å². The SMILES string of the molecule is CN(Cc1ccsc1)C(=O)CC(F)(F)F. The summed E-state index contributed by atoms with van der Waals surface area (Å²) in [6.45, 7) is 0.221. The van der Waals surface area contributed by atoms with E-state index in [0.29, 0.717) is 0 Å². The number of amides is 1. The Bertz CT molecular complexity index is 321. The lowest BCUT2D eigenvalue weighted by molar-refractivity contribution is -0.160. The summed E-state index contributed by atoms with van der Waals surface area (Å²) in [5, 5.41) is 3.62. The van der Waals surface area contributed by atoms with Crippen LogP contribution < -0.4 is 0 Å². The highest BCUT2D eigenvalue weighted by molar-refractivity contribution is 7.07. The van der Waals surface area contributed by atoms with E-state index in [2.05, 4.69) is 0 Å². The van der Waals surface area contributed by atoms with Crippen molar-refractivity contribution in [3.8, 4) is 0 Å². The lowest BCUT2D eigenvalue weighted by Gasteiger charge is -2.17.